The number of nitrogens with zero attached hydrogens (tertiary/aromatic N) is 3. The maximum Gasteiger partial charge on any atom is 0.246 e. The fourth-order valence-electron chi connectivity index (χ4n) is 4.56. The zero-order valence-electron chi connectivity index (χ0n) is 17.8. The molecule has 6 heteroatoms. The molecule has 1 saturated carbocycles. The van der Waals surface area contributed by atoms with Gasteiger partial charge in [-0.3, -0.25) is 9.69 Å². The number of fused-ring (bicyclic) bond motifs is 1. The van der Waals surface area contributed by atoms with Crippen LogP contribution in [-0.2, 0) is 11.3 Å². The Bertz CT molecular complexity index is 982. The Morgan fingerprint density at radius 3 is 2.60 bits per heavy atom. The van der Waals surface area contributed by atoms with E-state index in [1.807, 2.05) is 17.0 Å². The van der Waals surface area contributed by atoms with Crippen molar-refractivity contribution in [1.82, 2.24) is 14.4 Å². The number of benzene rings is 1. The molecule has 2 fully saturated rings. The monoisotopic (exact) mass is 407 g/mol. The van der Waals surface area contributed by atoms with E-state index in [1.54, 1.807) is 6.08 Å². The van der Waals surface area contributed by atoms with Crippen LogP contribution in [0, 0.1) is 13.8 Å². The number of rotatable bonds is 5. The predicted octanol–water partition coefficient (Wildman–Crippen LogP) is 3.53. The third-order valence-electron chi connectivity index (χ3n) is 6.37. The molecule has 0 N–H and O–H groups in total. The van der Waals surface area contributed by atoms with E-state index in [9.17, 15) is 4.79 Å². The minimum atomic E-state index is 0.106. The van der Waals surface area contributed by atoms with Crippen molar-refractivity contribution in [2.45, 2.75) is 39.3 Å². The summed E-state index contributed by atoms with van der Waals surface area (Å²) in [5.41, 5.74) is 4.94. The highest BCUT2D eigenvalue weighted by molar-refractivity contribution is 5.92. The summed E-state index contributed by atoms with van der Waals surface area (Å²) in [6.45, 7) is 8.76. The molecule has 6 nitrogen and oxygen atoms in total. The Morgan fingerprint density at radius 1 is 1.07 bits per heavy atom. The molecule has 0 spiro atoms. The summed E-state index contributed by atoms with van der Waals surface area (Å²) < 4.78 is 13.3. The minimum Gasteiger partial charge on any atom is -0.454 e. The van der Waals surface area contributed by atoms with Crippen molar-refractivity contribution in [3.05, 3.63) is 52.9 Å². The second kappa shape index (κ2) is 7.84. The van der Waals surface area contributed by atoms with E-state index < -0.39 is 0 Å². The molecule has 3 aliphatic rings. The van der Waals surface area contributed by atoms with Gasteiger partial charge in [0, 0.05) is 56.2 Å². The highest BCUT2D eigenvalue weighted by Crippen LogP contribution is 2.38. The summed E-state index contributed by atoms with van der Waals surface area (Å²) in [4.78, 5) is 17.0. The highest BCUT2D eigenvalue weighted by atomic mass is 16.7. The Kier molecular flexibility index (Phi) is 5.03. The summed E-state index contributed by atoms with van der Waals surface area (Å²) in [7, 11) is 0. The quantitative estimate of drug-likeness (QED) is 0.712. The number of amides is 1. The van der Waals surface area contributed by atoms with Crippen LogP contribution >= 0.6 is 0 Å². The van der Waals surface area contributed by atoms with Gasteiger partial charge in [0.05, 0.1) is 0 Å². The third-order valence-corrected chi connectivity index (χ3v) is 6.37. The van der Waals surface area contributed by atoms with Gasteiger partial charge in [0.2, 0.25) is 12.7 Å². The smallest absolute Gasteiger partial charge is 0.246 e. The van der Waals surface area contributed by atoms with E-state index in [0.29, 0.717) is 12.8 Å². The Morgan fingerprint density at radius 2 is 1.83 bits per heavy atom. The lowest BCUT2D eigenvalue weighted by Crippen LogP contribution is -2.47. The zero-order valence-corrected chi connectivity index (χ0v) is 17.8. The second-order valence-corrected chi connectivity index (χ2v) is 8.55. The molecule has 30 heavy (non-hydrogen) atoms. The number of carbonyl (C=O) groups excluding carboxylic acids is 1. The molecule has 0 bridgehead atoms. The molecule has 0 atom stereocenters. The first-order chi connectivity index (χ1) is 14.6. The number of carbonyl (C=O) groups is 1. The number of piperazine rings is 1. The van der Waals surface area contributed by atoms with Crippen molar-refractivity contribution in [3.63, 3.8) is 0 Å². The second-order valence-electron chi connectivity index (χ2n) is 8.55. The van der Waals surface area contributed by atoms with Crippen molar-refractivity contribution >= 4 is 12.0 Å². The van der Waals surface area contributed by atoms with Gasteiger partial charge in [0.25, 0.3) is 0 Å². The first-order valence-electron chi connectivity index (χ1n) is 10.8. The van der Waals surface area contributed by atoms with Crippen LogP contribution in [0.15, 0.2) is 30.3 Å². The lowest BCUT2D eigenvalue weighted by Gasteiger charge is -2.34. The molecule has 1 amide bonds. The van der Waals surface area contributed by atoms with E-state index >= 15 is 0 Å². The van der Waals surface area contributed by atoms with Crippen molar-refractivity contribution in [2.75, 3.05) is 33.0 Å². The van der Waals surface area contributed by atoms with Gasteiger partial charge in [0.15, 0.2) is 11.5 Å². The zero-order chi connectivity index (χ0) is 20.7. The van der Waals surface area contributed by atoms with Crippen molar-refractivity contribution in [1.29, 1.82) is 0 Å². The number of ether oxygens (including phenoxy) is 2. The molecule has 3 heterocycles. The average Bonchev–Trinajstić information content (AvgIpc) is 3.39. The normalized spacial score (nSPS) is 19.1. The maximum atomic E-state index is 12.7. The number of aromatic nitrogens is 1. The fourth-order valence-corrected chi connectivity index (χ4v) is 4.56. The van der Waals surface area contributed by atoms with Crippen LogP contribution in [-0.4, -0.2) is 53.2 Å². The summed E-state index contributed by atoms with van der Waals surface area (Å²) in [6.07, 6.45) is 6.28. The molecule has 0 unspecified atom stereocenters. The van der Waals surface area contributed by atoms with Gasteiger partial charge in [-0.2, -0.15) is 0 Å². The van der Waals surface area contributed by atoms with E-state index in [1.165, 1.54) is 29.8 Å². The lowest BCUT2D eigenvalue weighted by molar-refractivity contribution is -0.127. The van der Waals surface area contributed by atoms with Gasteiger partial charge in [-0.15, -0.1) is 0 Å². The topological polar surface area (TPSA) is 46.9 Å². The SMILES string of the molecule is Cc1cc(C=CC(=O)N2CCN(Cc3ccc4c(c3)OCO4)CC2)c(C)n1C1CC1. The molecule has 5 rings (SSSR count). The first kappa shape index (κ1) is 19.2. The Hall–Kier alpha value is -2.73. The van der Waals surface area contributed by atoms with Gasteiger partial charge < -0.3 is 18.9 Å². The summed E-state index contributed by atoms with van der Waals surface area (Å²) in [5, 5.41) is 0. The van der Waals surface area contributed by atoms with Crippen LogP contribution < -0.4 is 9.47 Å². The predicted molar refractivity (Wildman–Crippen MR) is 116 cm³/mol. The lowest BCUT2D eigenvalue weighted by atomic mass is 10.1. The standard InChI is InChI=1S/C24H29N3O3/c1-17-13-20(18(2)27(17)21-5-6-21)4-8-24(28)26-11-9-25(10-12-26)15-19-3-7-22-23(14-19)30-16-29-22/h3-4,7-8,13-14,21H,5-6,9-12,15-16H2,1-2H3. The van der Waals surface area contributed by atoms with Crippen molar-refractivity contribution in [2.24, 2.45) is 0 Å². The van der Waals surface area contributed by atoms with Crippen molar-refractivity contribution < 1.29 is 14.3 Å². The average molecular weight is 408 g/mol. The molecule has 158 valence electrons. The van der Waals surface area contributed by atoms with Crippen LogP contribution in [0.1, 0.15) is 41.4 Å². The van der Waals surface area contributed by atoms with Gasteiger partial charge in [-0.05, 0) is 62.1 Å². The molecule has 1 aromatic heterocycles. The van der Waals surface area contributed by atoms with Crippen LogP contribution in [0.3, 0.4) is 0 Å². The van der Waals surface area contributed by atoms with Gasteiger partial charge in [-0.1, -0.05) is 6.07 Å². The molecule has 1 saturated heterocycles. The molecule has 0 radical (unpaired) electrons. The third kappa shape index (κ3) is 3.84. The largest absolute Gasteiger partial charge is 0.454 e. The van der Waals surface area contributed by atoms with Gasteiger partial charge >= 0.3 is 0 Å². The van der Waals surface area contributed by atoms with E-state index in [-0.39, 0.29) is 5.91 Å². The van der Waals surface area contributed by atoms with Crippen LogP contribution in [0.2, 0.25) is 0 Å². The maximum absolute atomic E-state index is 12.7. The fraction of sp³-hybridized carbons (Fsp3) is 0.458. The Balaban J connectivity index is 1.15. The first-order valence-corrected chi connectivity index (χ1v) is 10.8. The van der Waals surface area contributed by atoms with Crippen molar-refractivity contribution in [3.8, 4) is 11.5 Å². The van der Waals surface area contributed by atoms with E-state index in [4.69, 9.17) is 9.47 Å². The summed E-state index contributed by atoms with van der Waals surface area (Å²) in [5.74, 6) is 1.75. The van der Waals surface area contributed by atoms with Crippen LogP contribution in [0.5, 0.6) is 11.5 Å². The highest BCUT2D eigenvalue weighted by Gasteiger charge is 2.26. The molecule has 2 aliphatic heterocycles. The molecule has 1 aromatic carbocycles. The number of hydrogen-bond acceptors (Lipinski definition) is 4. The number of hydrogen-bond donors (Lipinski definition) is 0. The van der Waals surface area contributed by atoms with Crippen LogP contribution in [0.25, 0.3) is 6.08 Å². The minimum absolute atomic E-state index is 0.106. The molecule has 1 aliphatic carbocycles. The van der Waals surface area contributed by atoms with Gasteiger partial charge in [0.1, 0.15) is 0 Å². The van der Waals surface area contributed by atoms with E-state index in [0.717, 1.165) is 49.8 Å². The molecular formula is C24H29N3O3. The molecule has 2 aromatic rings. The van der Waals surface area contributed by atoms with Crippen LogP contribution in [0.4, 0.5) is 0 Å². The van der Waals surface area contributed by atoms with E-state index in [2.05, 4.69) is 41.5 Å². The van der Waals surface area contributed by atoms with Gasteiger partial charge in [-0.25, -0.2) is 0 Å². The number of aryl methyl sites for hydroxylation is 1. The molecular weight excluding hydrogens is 378 g/mol. The summed E-state index contributed by atoms with van der Waals surface area (Å²) >= 11 is 0. The summed E-state index contributed by atoms with van der Waals surface area (Å²) in [6, 6.07) is 8.98. The Labute approximate surface area is 177 Å².